The van der Waals surface area contributed by atoms with E-state index in [0.717, 1.165) is 64.9 Å². The predicted molar refractivity (Wildman–Crippen MR) is 154 cm³/mol. The van der Waals surface area contributed by atoms with Crippen LogP contribution in [0.15, 0.2) is 36.5 Å². The predicted octanol–water partition coefficient (Wildman–Crippen LogP) is 5.41. The van der Waals surface area contributed by atoms with Gasteiger partial charge in [-0.25, -0.2) is 9.97 Å². The lowest BCUT2D eigenvalue weighted by atomic mass is 9.26. The molecule has 4 aliphatic carbocycles. The molecular weight excluding hydrogens is 512 g/mol. The van der Waals surface area contributed by atoms with Crippen LogP contribution in [0, 0.1) is 46.3 Å². The second-order valence-corrected chi connectivity index (χ2v) is 13.3. The molecule has 4 unspecified atom stereocenters. The number of amides is 1. The maximum Gasteiger partial charge on any atom is 0.254 e. The number of carbonyl (C=O) groups excluding carboxylic acids is 1. The van der Waals surface area contributed by atoms with Crippen molar-refractivity contribution < 1.29 is 9.53 Å². The molecule has 4 heterocycles. The quantitative estimate of drug-likeness (QED) is 0.309. The Hall–Kier alpha value is -3.86. The second-order valence-electron chi connectivity index (χ2n) is 13.3. The number of benzene rings is 1. The average molecular weight is 547 g/mol. The van der Waals surface area contributed by atoms with Gasteiger partial charge in [0.2, 0.25) is 0 Å². The first-order chi connectivity index (χ1) is 20.0. The van der Waals surface area contributed by atoms with Crippen LogP contribution in [0.5, 0.6) is 5.75 Å². The molecule has 0 bridgehead atoms. The zero-order valence-corrected chi connectivity index (χ0v) is 23.6. The summed E-state index contributed by atoms with van der Waals surface area (Å²) in [5.74, 6) is 4.90. The topological polar surface area (TPSA) is 89.0 Å². The molecular formula is C33H34N6O2. The van der Waals surface area contributed by atoms with Crippen LogP contribution in [-0.2, 0) is 13.6 Å². The first-order valence-electron chi connectivity index (χ1n) is 15.2. The van der Waals surface area contributed by atoms with E-state index < -0.39 is 0 Å². The van der Waals surface area contributed by atoms with Gasteiger partial charge in [-0.15, -0.1) is 0 Å². The molecule has 0 radical (unpaired) electrons. The summed E-state index contributed by atoms with van der Waals surface area (Å²) in [5, 5.41) is 10.4. The Balaban J connectivity index is 1.12. The zero-order chi connectivity index (χ0) is 27.6. The maximum absolute atomic E-state index is 14.2. The van der Waals surface area contributed by atoms with Crippen LogP contribution >= 0.6 is 0 Å². The van der Waals surface area contributed by atoms with Crippen molar-refractivity contribution in [2.45, 2.75) is 51.1 Å². The molecule has 6 atom stereocenters. The Labute approximate surface area is 238 Å². The SMILES string of the molecule is COc1cc(C(=O)N2C[C@H]3CC4CC5[C@H](CCC#N)C2C453)cc2nc(-c3cc4cccnc4n3CC3CC3)n(C)c12. The van der Waals surface area contributed by atoms with Crippen molar-refractivity contribution in [3.05, 3.63) is 42.1 Å². The maximum atomic E-state index is 14.2. The van der Waals surface area contributed by atoms with Crippen LogP contribution < -0.4 is 4.74 Å². The molecule has 0 N–H and O–H groups in total. The third-order valence-corrected chi connectivity index (χ3v) is 11.6. The molecule has 4 saturated carbocycles. The number of likely N-dealkylation sites (tertiary alicyclic amines) is 1. The molecule has 1 saturated heterocycles. The smallest absolute Gasteiger partial charge is 0.254 e. The van der Waals surface area contributed by atoms with Crippen LogP contribution in [0.2, 0.25) is 0 Å². The van der Waals surface area contributed by atoms with Gasteiger partial charge in [0.05, 0.1) is 24.4 Å². The lowest BCUT2D eigenvalue weighted by Gasteiger charge is -2.78. The van der Waals surface area contributed by atoms with Crippen molar-refractivity contribution in [2.75, 3.05) is 13.7 Å². The molecule has 1 aromatic carbocycles. The minimum absolute atomic E-state index is 0.0873. The van der Waals surface area contributed by atoms with Gasteiger partial charge < -0.3 is 18.8 Å². The van der Waals surface area contributed by atoms with Crippen LogP contribution in [0.1, 0.15) is 48.9 Å². The van der Waals surface area contributed by atoms with Crippen molar-refractivity contribution >= 4 is 28.0 Å². The first kappa shape index (κ1) is 23.8. The number of carbonyl (C=O) groups is 1. The van der Waals surface area contributed by atoms with Gasteiger partial charge in [-0.05, 0) is 92.0 Å². The summed E-state index contributed by atoms with van der Waals surface area (Å²) in [4.78, 5) is 26.2. The number of methoxy groups -OCH3 is 1. The van der Waals surface area contributed by atoms with Gasteiger partial charge in [0.1, 0.15) is 16.9 Å². The summed E-state index contributed by atoms with van der Waals surface area (Å²) >= 11 is 0. The van der Waals surface area contributed by atoms with Crippen LogP contribution in [0.4, 0.5) is 0 Å². The van der Waals surface area contributed by atoms with Gasteiger partial charge >= 0.3 is 0 Å². The zero-order valence-electron chi connectivity index (χ0n) is 23.6. The van der Waals surface area contributed by atoms with Crippen LogP contribution in [-0.4, -0.2) is 49.6 Å². The van der Waals surface area contributed by atoms with Crippen molar-refractivity contribution in [1.29, 1.82) is 5.26 Å². The van der Waals surface area contributed by atoms with Crippen LogP contribution in [0.3, 0.4) is 0 Å². The lowest BCUT2D eigenvalue weighted by Crippen LogP contribution is -2.78. The van der Waals surface area contributed by atoms with Gasteiger partial charge in [0, 0.05) is 55.2 Å². The number of hydrogen-bond acceptors (Lipinski definition) is 5. The molecule has 41 heavy (non-hydrogen) atoms. The molecule has 8 heteroatoms. The Morgan fingerprint density at radius 3 is 2.88 bits per heavy atom. The summed E-state index contributed by atoms with van der Waals surface area (Å²) < 4.78 is 10.3. The molecule has 208 valence electrons. The number of nitrogens with zero attached hydrogens (tertiary/aromatic N) is 6. The number of ether oxygens (including phenoxy) is 1. The molecule has 1 spiro atoms. The molecule has 4 aromatic rings. The summed E-state index contributed by atoms with van der Waals surface area (Å²) in [6, 6.07) is 12.8. The molecule has 5 fully saturated rings. The highest BCUT2D eigenvalue weighted by Crippen LogP contribution is 2.83. The number of aromatic nitrogens is 4. The van der Waals surface area contributed by atoms with E-state index in [0.29, 0.717) is 40.9 Å². The number of fused-ring (bicyclic) bond motifs is 2. The van der Waals surface area contributed by atoms with Gasteiger partial charge in [-0.1, -0.05) is 0 Å². The minimum atomic E-state index is 0.0873. The number of rotatable bonds is 7. The van der Waals surface area contributed by atoms with E-state index in [1.54, 1.807) is 7.11 Å². The standard InChI is InChI=1S/C33H34N6O2/c1-37-28-25(36-31(37)26-12-19-5-4-10-35-30(19)38(26)16-18-7-8-18)11-20(13-27(28)41-2)32(40)39-17-22-14-21-15-24-23(6-3-9-34)29(39)33(21,22)24/h4-5,10-13,18,21-24,29H,3,6-8,14-17H2,1-2H3/t21?,22-,23+,24?,29?,33?/m1/s1. The van der Waals surface area contributed by atoms with Crippen molar-refractivity contribution in [3.63, 3.8) is 0 Å². The number of aryl methyl sites for hydroxylation is 1. The summed E-state index contributed by atoms with van der Waals surface area (Å²) in [6.07, 6.45) is 8.42. The van der Waals surface area contributed by atoms with E-state index in [2.05, 4.69) is 32.2 Å². The third kappa shape index (κ3) is 2.92. The van der Waals surface area contributed by atoms with Crippen molar-refractivity contribution in [2.24, 2.45) is 42.1 Å². The molecule has 5 aliphatic rings. The van der Waals surface area contributed by atoms with E-state index in [9.17, 15) is 10.1 Å². The highest BCUT2D eigenvalue weighted by atomic mass is 16.5. The van der Waals surface area contributed by atoms with E-state index in [1.165, 1.54) is 25.7 Å². The Bertz CT molecular complexity index is 1810. The average Bonchev–Trinajstić information content (AvgIpc) is 3.50. The highest BCUT2D eigenvalue weighted by Gasteiger charge is 2.83. The fourth-order valence-corrected chi connectivity index (χ4v) is 9.79. The normalized spacial score (nSPS) is 30.8. The van der Waals surface area contributed by atoms with Gasteiger partial charge in [-0.2, -0.15) is 5.26 Å². The summed E-state index contributed by atoms with van der Waals surface area (Å²) in [5.41, 5.74) is 4.71. The molecule has 9 rings (SSSR count). The summed E-state index contributed by atoms with van der Waals surface area (Å²) in [7, 11) is 3.70. The number of imidazole rings is 1. The van der Waals surface area contributed by atoms with Gasteiger partial charge in [-0.3, -0.25) is 4.79 Å². The molecule has 1 amide bonds. The monoisotopic (exact) mass is 546 g/mol. The Kier molecular flexibility index (Phi) is 4.71. The van der Waals surface area contributed by atoms with Crippen molar-refractivity contribution in [1.82, 2.24) is 24.0 Å². The van der Waals surface area contributed by atoms with Crippen molar-refractivity contribution in [3.8, 4) is 23.3 Å². The Morgan fingerprint density at radius 1 is 1.22 bits per heavy atom. The highest BCUT2D eigenvalue weighted by molar-refractivity contribution is 6.00. The van der Waals surface area contributed by atoms with E-state index >= 15 is 0 Å². The Morgan fingerprint density at radius 2 is 2.10 bits per heavy atom. The van der Waals surface area contributed by atoms with E-state index in [-0.39, 0.29) is 11.9 Å². The first-order valence-corrected chi connectivity index (χ1v) is 15.2. The van der Waals surface area contributed by atoms with E-state index in [1.807, 2.05) is 31.4 Å². The third-order valence-electron chi connectivity index (χ3n) is 11.6. The van der Waals surface area contributed by atoms with Crippen LogP contribution in [0.25, 0.3) is 33.6 Å². The fourth-order valence-electron chi connectivity index (χ4n) is 9.79. The van der Waals surface area contributed by atoms with Gasteiger partial charge in [0.15, 0.2) is 5.82 Å². The summed E-state index contributed by atoms with van der Waals surface area (Å²) in [6.45, 7) is 1.79. The molecule has 1 aliphatic heterocycles. The fraction of sp³-hybridized carbons (Fsp3) is 0.515. The van der Waals surface area contributed by atoms with Gasteiger partial charge in [0.25, 0.3) is 5.91 Å². The second kappa shape index (κ2) is 8.12. The molecule has 8 nitrogen and oxygen atoms in total. The minimum Gasteiger partial charge on any atom is -0.494 e. The number of hydrogen-bond donors (Lipinski definition) is 0. The molecule has 3 aromatic heterocycles. The largest absolute Gasteiger partial charge is 0.494 e. The lowest BCUT2D eigenvalue weighted by molar-refractivity contribution is -0.294. The van der Waals surface area contributed by atoms with E-state index in [4.69, 9.17) is 14.7 Å². The number of pyridine rings is 1. The number of nitriles is 1.